The number of aromatic nitrogens is 1. The van der Waals surface area contributed by atoms with Gasteiger partial charge < -0.3 is 4.74 Å². The molecule has 0 unspecified atom stereocenters. The Labute approximate surface area is 81.7 Å². The van der Waals surface area contributed by atoms with Crippen LogP contribution in [0.2, 0.25) is 5.15 Å². The monoisotopic (exact) mass is 203 g/mol. The molecule has 0 amide bonds. The molecule has 0 spiro atoms. The second-order valence-electron chi connectivity index (χ2n) is 3.64. The Morgan fingerprint density at radius 2 is 2.00 bits per heavy atom. The fraction of sp³-hybridized carbons (Fsp3) is 0.444. The largest absolute Gasteiger partial charge is 0.485 e. The molecule has 1 heterocycles. The smallest absolute Gasteiger partial charge is 0.214 e. The zero-order valence-electron chi connectivity index (χ0n) is 7.77. The molecule has 0 fully saturated rings. The van der Waals surface area contributed by atoms with Crippen molar-refractivity contribution in [3.05, 3.63) is 23.2 Å². The number of ether oxygens (including phenoxy) is 1. The Morgan fingerprint density at radius 3 is 2.46 bits per heavy atom. The topological polar surface area (TPSA) is 22.1 Å². The van der Waals surface area contributed by atoms with E-state index in [9.17, 15) is 4.39 Å². The van der Waals surface area contributed by atoms with Gasteiger partial charge in [-0.15, -0.1) is 0 Å². The Kier molecular flexibility index (Phi) is 2.76. The van der Waals surface area contributed by atoms with Crippen LogP contribution < -0.4 is 4.74 Å². The molecule has 0 aromatic carbocycles. The molecule has 1 aromatic heterocycles. The summed E-state index contributed by atoms with van der Waals surface area (Å²) in [5, 5.41) is 0.0509. The fourth-order valence-corrected chi connectivity index (χ4v) is 0.988. The van der Waals surface area contributed by atoms with Gasteiger partial charge in [-0.3, -0.25) is 0 Å². The molecule has 0 radical (unpaired) electrons. The fourth-order valence-electron chi connectivity index (χ4n) is 0.805. The third kappa shape index (κ3) is 3.19. The van der Waals surface area contributed by atoms with Gasteiger partial charge in [0.05, 0.1) is 0 Å². The molecule has 0 N–H and O–H groups in total. The molecule has 2 nitrogen and oxygen atoms in total. The highest BCUT2D eigenvalue weighted by Crippen LogP contribution is 2.25. The highest BCUT2D eigenvalue weighted by molar-refractivity contribution is 6.30. The standard InChI is InChI=1S/C9H11ClFNO/c1-9(2,3)13-6-4-5-7(11)12-8(6)10/h4-5H,1-3H3. The molecule has 0 saturated heterocycles. The van der Waals surface area contributed by atoms with Crippen LogP contribution in [-0.4, -0.2) is 10.6 Å². The van der Waals surface area contributed by atoms with Crippen LogP contribution in [0.5, 0.6) is 5.75 Å². The maximum Gasteiger partial charge on any atom is 0.214 e. The first kappa shape index (κ1) is 10.3. The average molecular weight is 204 g/mol. The minimum absolute atomic E-state index is 0.0509. The van der Waals surface area contributed by atoms with E-state index >= 15 is 0 Å². The summed E-state index contributed by atoms with van der Waals surface area (Å²) in [6.07, 6.45) is 0. The van der Waals surface area contributed by atoms with E-state index in [0.29, 0.717) is 5.75 Å². The number of hydrogen-bond acceptors (Lipinski definition) is 2. The minimum atomic E-state index is -0.605. The van der Waals surface area contributed by atoms with Crippen molar-refractivity contribution in [2.45, 2.75) is 26.4 Å². The number of nitrogens with zero attached hydrogens (tertiary/aromatic N) is 1. The Hall–Kier alpha value is -0.830. The predicted octanol–water partition coefficient (Wildman–Crippen LogP) is 3.05. The molecule has 13 heavy (non-hydrogen) atoms. The van der Waals surface area contributed by atoms with Crippen LogP contribution in [-0.2, 0) is 0 Å². The molecule has 0 aliphatic carbocycles. The number of pyridine rings is 1. The molecule has 0 saturated carbocycles. The molecular weight excluding hydrogens is 193 g/mol. The summed E-state index contributed by atoms with van der Waals surface area (Å²) in [6.45, 7) is 5.64. The van der Waals surface area contributed by atoms with E-state index in [0.717, 1.165) is 0 Å². The average Bonchev–Trinajstić information content (AvgIpc) is 1.93. The maximum atomic E-state index is 12.5. The lowest BCUT2D eigenvalue weighted by atomic mass is 10.2. The number of rotatable bonds is 1. The van der Waals surface area contributed by atoms with Gasteiger partial charge in [0.2, 0.25) is 5.95 Å². The summed E-state index contributed by atoms with van der Waals surface area (Å²) < 4.78 is 18.0. The lowest BCUT2D eigenvalue weighted by Gasteiger charge is -2.21. The second-order valence-corrected chi connectivity index (χ2v) is 4.00. The molecule has 4 heteroatoms. The Balaban J connectivity index is 2.90. The van der Waals surface area contributed by atoms with Crippen molar-refractivity contribution in [2.24, 2.45) is 0 Å². The lowest BCUT2D eigenvalue weighted by molar-refractivity contribution is 0.130. The van der Waals surface area contributed by atoms with Gasteiger partial charge in [-0.1, -0.05) is 11.6 Å². The number of hydrogen-bond donors (Lipinski definition) is 0. The van der Waals surface area contributed by atoms with Gasteiger partial charge >= 0.3 is 0 Å². The molecule has 0 atom stereocenters. The van der Waals surface area contributed by atoms with Crippen molar-refractivity contribution in [2.75, 3.05) is 0 Å². The Bertz CT molecular complexity index is 309. The van der Waals surface area contributed by atoms with E-state index < -0.39 is 5.95 Å². The van der Waals surface area contributed by atoms with Gasteiger partial charge in [0.15, 0.2) is 10.9 Å². The zero-order valence-corrected chi connectivity index (χ0v) is 8.52. The summed E-state index contributed by atoms with van der Waals surface area (Å²) in [6, 6.07) is 2.68. The van der Waals surface area contributed by atoms with Crippen LogP contribution in [0.4, 0.5) is 4.39 Å². The summed E-state index contributed by atoms with van der Waals surface area (Å²) >= 11 is 5.66. The minimum Gasteiger partial charge on any atom is -0.485 e. The highest BCUT2D eigenvalue weighted by atomic mass is 35.5. The van der Waals surface area contributed by atoms with E-state index in [2.05, 4.69) is 4.98 Å². The van der Waals surface area contributed by atoms with Crippen molar-refractivity contribution in [1.82, 2.24) is 4.98 Å². The maximum absolute atomic E-state index is 12.5. The summed E-state index contributed by atoms with van der Waals surface area (Å²) in [7, 11) is 0. The van der Waals surface area contributed by atoms with E-state index in [1.54, 1.807) is 0 Å². The molecule has 0 aliphatic heterocycles. The lowest BCUT2D eigenvalue weighted by Crippen LogP contribution is -2.23. The molecule has 72 valence electrons. The van der Waals surface area contributed by atoms with Crippen molar-refractivity contribution in [3.8, 4) is 5.75 Å². The van der Waals surface area contributed by atoms with Crippen molar-refractivity contribution in [1.29, 1.82) is 0 Å². The molecular formula is C9H11ClFNO. The third-order valence-electron chi connectivity index (χ3n) is 1.20. The van der Waals surface area contributed by atoms with Crippen LogP contribution in [0, 0.1) is 5.95 Å². The van der Waals surface area contributed by atoms with Crippen LogP contribution in [0.15, 0.2) is 12.1 Å². The zero-order chi connectivity index (χ0) is 10.1. The van der Waals surface area contributed by atoms with Crippen molar-refractivity contribution >= 4 is 11.6 Å². The number of halogens is 2. The SMILES string of the molecule is CC(C)(C)Oc1ccc(F)nc1Cl. The van der Waals surface area contributed by atoms with E-state index in [-0.39, 0.29) is 10.8 Å². The van der Waals surface area contributed by atoms with Crippen molar-refractivity contribution < 1.29 is 9.13 Å². The van der Waals surface area contributed by atoms with Crippen LogP contribution in [0.1, 0.15) is 20.8 Å². The first-order chi connectivity index (χ1) is 5.88. The summed E-state index contributed by atoms with van der Waals surface area (Å²) in [5.74, 6) is -0.207. The first-order valence-electron chi connectivity index (χ1n) is 3.89. The predicted molar refractivity (Wildman–Crippen MR) is 49.6 cm³/mol. The van der Waals surface area contributed by atoms with Crippen LogP contribution >= 0.6 is 11.6 Å². The summed E-state index contributed by atoms with van der Waals surface area (Å²) in [5.41, 5.74) is -0.358. The van der Waals surface area contributed by atoms with E-state index in [1.165, 1.54) is 12.1 Å². The third-order valence-corrected chi connectivity index (χ3v) is 1.47. The van der Waals surface area contributed by atoms with Gasteiger partial charge in [0.25, 0.3) is 0 Å². The molecule has 1 aromatic rings. The normalized spacial score (nSPS) is 11.5. The molecule has 1 rings (SSSR count). The van der Waals surface area contributed by atoms with Gasteiger partial charge in [0.1, 0.15) is 5.60 Å². The second kappa shape index (κ2) is 3.50. The highest BCUT2D eigenvalue weighted by Gasteiger charge is 2.14. The summed E-state index contributed by atoms with van der Waals surface area (Å²) in [4.78, 5) is 3.43. The van der Waals surface area contributed by atoms with Gasteiger partial charge in [0, 0.05) is 0 Å². The van der Waals surface area contributed by atoms with Gasteiger partial charge in [-0.2, -0.15) is 4.39 Å². The quantitative estimate of drug-likeness (QED) is 0.655. The molecule has 0 aliphatic rings. The first-order valence-corrected chi connectivity index (χ1v) is 4.27. The van der Waals surface area contributed by atoms with Gasteiger partial charge in [-0.25, -0.2) is 4.98 Å². The van der Waals surface area contributed by atoms with Crippen LogP contribution in [0.3, 0.4) is 0 Å². The molecule has 0 bridgehead atoms. The van der Waals surface area contributed by atoms with Crippen molar-refractivity contribution in [3.63, 3.8) is 0 Å². The van der Waals surface area contributed by atoms with E-state index in [4.69, 9.17) is 16.3 Å². The van der Waals surface area contributed by atoms with Gasteiger partial charge in [-0.05, 0) is 32.9 Å². The van der Waals surface area contributed by atoms with E-state index in [1.807, 2.05) is 20.8 Å². The van der Waals surface area contributed by atoms with Crippen LogP contribution in [0.25, 0.3) is 0 Å². The Morgan fingerprint density at radius 1 is 1.38 bits per heavy atom.